The van der Waals surface area contributed by atoms with Crippen molar-refractivity contribution < 1.29 is 9.53 Å². The summed E-state index contributed by atoms with van der Waals surface area (Å²) in [4.78, 5) is 11.3. The minimum atomic E-state index is -0.463. The van der Waals surface area contributed by atoms with Crippen molar-refractivity contribution >= 4 is 5.91 Å². The molecule has 1 aromatic carbocycles. The Bertz CT molecular complexity index is 361. The van der Waals surface area contributed by atoms with Crippen LogP contribution in [0.4, 0.5) is 0 Å². The molecule has 0 spiro atoms. The zero-order valence-corrected chi connectivity index (χ0v) is 9.63. The number of carbonyl (C=O) groups is 1. The monoisotopic (exact) mass is 207 g/mol. The number of likely N-dealkylation sites (N-methyl/N-ethyl adjacent to an activating group) is 1. The molecule has 0 fully saturated rings. The standard InChI is InChI=1S/C12H17NO2/c1-8-5-6-9(2)11(7-8)15-10(3)12(14)13-4/h5-7,10H,1-4H3,(H,13,14). The second-order valence-corrected chi connectivity index (χ2v) is 3.64. The third kappa shape index (κ3) is 2.98. The number of rotatable bonds is 3. The van der Waals surface area contributed by atoms with Crippen LogP contribution in [0, 0.1) is 13.8 Å². The van der Waals surface area contributed by atoms with Crippen molar-refractivity contribution in [2.24, 2.45) is 0 Å². The van der Waals surface area contributed by atoms with Crippen LogP contribution in [0.3, 0.4) is 0 Å². The summed E-state index contributed by atoms with van der Waals surface area (Å²) in [6.07, 6.45) is -0.463. The summed E-state index contributed by atoms with van der Waals surface area (Å²) in [5, 5.41) is 2.56. The quantitative estimate of drug-likeness (QED) is 0.821. The topological polar surface area (TPSA) is 38.3 Å². The maximum absolute atomic E-state index is 11.3. The van der Waals surface area contributed by atoms with Gasteiger partial charge >= 0.3 is 0 Å². The van der Waals surface area contributed by atoms with Gasteiger partial charge in [0.2, 0.25) is 0 Å². The molecule has 0 bridgehead atoms. The molecule has 82 valence electrons. The van der Waals surface area contributed by atoms with E-state index < -0.39 is 6.10 Å². The zero-order chi connectivity index (χ0) is 11.4. The summed E-state index contributed by atoms with van der Waals surface area (Å²) in [6, 6.07) is 5.95. The first kappa shape index (κ1) is 11.6. The third-order valence-electron chi connectivity index (χ3n) is 2.26. The van der Waals surface area contributed by atoms with Crippen molar-refractivity contribution in [1.29, 1.82) is 0 Å². The molecule has 1 aromatic rings. The van der Waals surface area contributed by atoms with Crippen LogP contribution in [0.15, 0.2) is 18.2 Å². The van der Waals surface area contributed by atoms with E-state index in [9.17, 15) is 4.79 Å². The molecule has 0 saturated carbocycles. The summed E-state index contributed by atoms with van der Waals surface area (Å²) in [5.74, 6) is 0.655. The van der Waals surface area contributed by atoms with Gasteiger partial charge in [-0.1, -0.05) is 12.1 Å². The molecule has 0 radical (unpaired) electrons. The van der Waals surface area contributed by atoms with Crippen molar-refractivity contribution in [2.75, 3.05) is 7.05 Å². The molecule has 0 aliphatic rings. The average Bonchev–Trinajstić information content (AvgIpc) is 2.22. The van der Waals surface area contributed by atoms with E-state index in [1.807, 2.05) is 32.0 Å². The molecule has 1 amide bonds. The summed E-state index contributed by atoms with van der Waals surface area (Å²) in [7, 11) is 1.60. The number of benzene rings is 1. The van der Waals surface area contributed by atoms with E-state index >= 15 is 0 Å². The molecule has 3 heteroatoms. The van der Waals surface area contributed by atoms with E-state index in [1.165, 1.54) is 0 Å². The highest BCUT2D eigenvalue weighted by molar-refractivity contribution is 5.80. The molecular formula is C12H17NO2. The summed E-state index contributed by atoms with van der Waals surface area (Å²) < 4.78 is 5.57. The Labute approximate surface area is 90.4 Å². The fourth-order valence-electron chi connectivity index (χ4n) is 1.28. The number of carbonyl (C=O) groups excluding carboxylic acids is 1. The Hall–Kier alpha value is -1.51. The first-order chi connectivity index (χ1) is 7.04. The van der Waals surface area contributed by atoms with Crippen molar-refractivity contribution in [3.05, 3.63) is 29.3 Å². The predicted octanol–water partition coefficient (Wildman–Crippen LogP) is 1.82. The number of amides is 1. The van der Waals surface area contributed by atoms with Gasteiger partial charge in [-0.3, -0.25) is 4.79 Å². The van der Waals surface area contributed by atoms with Crippen LogP contribution in [0.5, 0.6) is 5.75 Å². The maximum Gasteiger partial charge on any atom is 0.260 e. The molecule has 0 aromatic heterocycles. The number of hydrogen-bond acceptors (Lipinski definition) is 2. The molecule has 1 N–H and O–H groups in total. The Morgan fingerprint density at radius 1 is 1.40 bits per heavy atom. The van der Waals surface area contributed by atoms with E-state index in [-0.39, 0.29) is 5.91 Å². The smallest absolute Gasteiger partial charge is 0.260 e. The highest BCUT2D eigenvalue weighted by Gasteiger charge is 2.13. The van der Waals surface area contributed by atoms with Crippen LogP contribution in [-0.2, 0) is 4.79 Å². The lowest BCUT2D eigenvalue weighted by Gasteiger charge is -2.15. The summed E-state index contributed by atoms with van der Waals surface area (Å²) in [6.45, 7) is 5.70. The highest BCUT2D eigenvalue weighted by Crippen LogP contribution is 2.20. The van der Waals surface area contributed by atoms with Crippen molar-refractivity contribution in [1.82, 2.24) is 5.32 Å². The van der Waals surface area contributed by atoms with E-state index in [1.54, 1.807) is 14.0 Å². The van der Waals surface area contributed by atoms with Crippen LogP contribution >= 0.6 is 0 Å². The summed E-state index contributed by atoms with van der Waals surface area (Å²) >= 11 is 0. The highest BCUT2D eigenvalue weighted by atomic mass is 16.5. The second kappa shape index (κ2) is 4.82. The Morgan fingerprint density at radius 2 is 2.07 bits per heavy atom. The van der Waals surface area contributed by atoms with Crippen molar-refractivity contribution in [3.63, 3.8) is 0 Å². The zero-order valence-electron chi connectivity index (χ0n) is 9.63. The fourth-order valence-corrected chi connectivity index (χ4v) is 1.28. The minimum absolute atomic E-state index is 0.115. The van der Waals surface area contributed by atoms with E-state index in [0.29, 0.717) is 0 Å². The first-order valence-electron chi connectivity index (χ1n) is 5.00. The first-order valence-corrected chi connectivity index (χ1v) is 5.00. The van der Waals surface area contributed by atoms with Gasteiger partial charge < -0.3 is 10.1 Å². The Morgan fingerprint density at radius 3 is 2.67 bits per heavy atom. The molecule has 0 heterocycles. The van der Waals surface area contributed by atoms with E-state index in [0.717, 1.165) is 16.9 Å². The van der Waals surface area contributed by atoms with Gasteiger partial charge in [0, 0.05) is 7.05 Å². The minimum Gasteiger partial charge on any atom is -0.481 e. The van der Waals surface area contributed by atoms with E-state index in [2.05, 4.69) is 5.32 Å². The van der Waals surface area contributed by atoms with Gasteiger partial charge in [0.15, 0.2) is 6.10 Å². The van der Waals surface area contributed by atoms with E-state index in [4.69, 9.17) is 4.74 Å². The lowest BCUT2D eigenvalue weighted by Crippen LogP contribution is -2.33. The predicted molar refractivity (Wildman–Crippen MR) is 60.1 cm³/mol. The van der Waals surface area contributed by atoms with Crippen LogP contribution in [0.2, 0.25) is 0 Å². The maximum atomic E-state index is 11.3. The normalized spacial score (nSPS) is 12.0. The molecule has 3 nitrogen and oxygen atoms in total. The molecule has 15 heavy (non-hydrogen) atoms. The van der Waals surface area contributed by atoms with Gasteiger partial charge in [-0.05, 0) is 38.0 Å². The Kier molecular flexibility index (Phi) is 3.72. The molecule has 0 saturated heterocycles. The van der Waals surface area contributed by atoms with Gasteiger partial charge in [-0.2, -0.15) is 0 Å². The van der Waals surface area contributed by atoms with Crippen molar-refractivity contribution in [2.45, 2.75) is 26.9 Å². The number of nitrogens with one attached hydrogen (secondary N) is 1. The second-order valence-electron chi connectivity index (χ2n) is 3.64. The third-order valence-corrected chi connectivity index (χ3v) is 2.26. The molecular weight excluding hydrogens is 190 g/mol. The van der Waals surface area contributed by atoms with Crippen LogP contribution in [0.25, 0.3) is 0 Å². The van der Waals surface area contributed by atoms with Gasteiger partial charge in [-0.15, -0.1) is 0 Å². The lowest BCUT2D eigenvalue weighted by atomic mass is 10.1. The summed E-state index contributed by atoms with van der Waals surface area (Å²) in [5.41, 5.74) is 2.16. The molecule has 1 atom stereocenters. The fraction of sp³-hybridized carbons (Fsp3) is 0.417. The van der Waals surface area contributed by atoms with Crippen LogP contribution in [-0.4, -0.2) is 19.1 Å². The van der Waals surface area contributed by atoms with Crippen molar-refractivity contribution in [3.8, 4) is 5.75 Å². The lowest BCUT2D eigenvalue weighted by molar-refractivity contribution is -0.126. The molecule has 0 aliphatic heterocycles. The van der Waals surface area contributed by atoms with Gasteiger partial charge in [0.05, 0.1) is 0 Å². The number of aryl methyl sites for hydroxylation is 2. The average molecular weight is 207 g/mol. The van der Waals surface area contributed by atoms with Crippen LogP contribution in [0.1, 0.15) is 18.1 Å². The molecule has 1 rings (SSSR count). The molecule has 1 unspecified atom stereocenters. The molecule has 0 aliphatic carbocycles. The van der Waals surface area contributed by atoms with Gasteiger partial charge in [0.1, 0.15) is 5.75 Å². The van der Waals surface area contributed by atoms with Gasteiger partial charge in [0.25, 0.3) is 5.91 Å². The van der Waals surface area contributed by atoms with Gasteiger partial charge in [-0.25, -0.2) is 0 Å². The number of hydrogen-bond donors (Lipinski definition) is 1. The number of ether oxygens (including phenoxy) is 1. The largest absolute Gasteiger partial charge is 0.481 e. The Balaban J connectivity index is 2.80. The SMILES string of the molecule is CNC(=O)C(C)Oc1cc(C)ccc1C. The van der Waals surface area contributed by atoms with Crippen LogP contribution < -0.4 is 10.1 Å².